The van der Waals surface area contributed by atoms with Gasteiger partial charge in [-0.2, -0.15) is 0 Å². The van der Waals surface area contributed by atoms with E-state index >= 15 is 0 Å². The van der Waals surface area contributed by atoms with Gasteiger partial charge in [0.05, 0.1) is 0 Å². The molecule has 0 aliphatic carbocycles. The number of nitroso groups, excluding NO2 is 1. The Kier molecular flexibility index (Phi) is 3.31. The molecule has 0 saturated carbocycles. The Morgan fingerprint density at radius 3 is 2.14 bits per heavy atom. The third kappa shape index (κ3) is 2.18. The Bertz CT molecular complexity index is 944. The maximum atomic E-state index is 10.9. The Hall–Kier alpha value is -3.21. The van der Waals surface area contributed by atoms with Gasteiger partial charge in [-0.05, 0) is 23.8 Å². The first-order chi connectivity index (χ1) is 10.6. The van der Waals surface area contributed by atoms with Gasteiger partial charge in [-0.3, -0.25) is 4.79 Å². The monoisotopic (exact) mass is 293 g/mol. The van der Waals surface area contributed by atoms with Crippen molar-refractivity contribution in [2.75, 3.05) is 0 Å². The van der Waals surface area contributed by atoms with Gasteiger partial charge in [-0.1, -0.05) is 30.3 Å². The molecule has 3 aromatic carbocycles. The summed E-state index contributed by atoms with van der Waals surface area (Å²) in [6.45, 7) is 0. The number of nitrogens with zero attached hydrogens (tertiary/aromatic N) is 1. The van der Waals surface area contributed by atoms with Crippen molar-refractivity contribution in [2.24, 2.45) is 5.18 Å². The lowest BCUT2D eigenvalue weighted by Crippen LogP contribution is -1.84. The van der Waals surface area contributed by atoms with Gasteiger partial charge in [0.1, 0.15) is 11.5 Å². The highest BCUT2D eigenvalue weighted by molar-refractivity contribution is 6.11. The fourth-order valence-corrected chi connectivity index (χ4v) is 2.45. The van der Waals surface area contributed by atoms with Crippen LogP contribution in [0.25, 0.3) is 27.6 Å². The molecule has 5 heteroatoms. The van der Waals surface area contributed by atoms with E-state index in [0.29, 0.717) is 27.1 Å². The van der Waals surface area contributed by atoms with Crippen LogP contribution in [0.3, 0.4) is 0 Å². The van der Waals surface area contributed by atoms with Crippen molar-refractivity contribution < 1.29 is 15.0 Å². The lowest BCUT2D eigenvalue weighted by atomic mass is 9.99. The van der Waals surface area contributed by atoms with Gasteiger partial charge in [0.2, 0.25) is 0 Å². The summed E-state index contributed by atoms with van der Waals surface area (Å²) >= 11 is 0. The van der Waals surface area contributed by atoms with Crippen LogP contribution < -0.4 is 0 Å². The van der Waals surface area contributed by atoms with Crippen LogP contribution in [0.4, 0.5) is 0 Å². The fourth-order valence-electron chi connectivity index (χ4n) is 2.45. The molecular formula is C17H11NO4. The lowest BCUT2D eigenvalue weighted by Gasteiger charge is -2.10. The van der Waals surface area contributed by atoms with Gasteiger partial charge in [0, 0.05) is 32.8 Å². The van der Waals surface area contributed by atoms with E-state index < -0.39 is 5.91 Å². The summed E-state index contributed by atoms with van der Waals surface area (Å²) in [5.41, 5.74) is 0.606. The topological polar surface area (TPSA) is 87.0 Å². The number of rotatable bonds is 2. The number of hydrogen-bond acceptors (Lipinski definition) is 4. The summed E-state index contributed by atoms with van der Waals surface area (Å²) in [4.78, 5) is 20.9. The molecule has 5 nitrogen and oxygen atoms in total. The molecule has 2 N–H and O–H groups in total. The highest BCUT2D eigenvalue weighted by atomic mass is 16.3. The van der Waals surface area contributed by atoms with Crippen LogP contribution >= 0.6 is 0 Å². The minimum absolute atomic E-state index is 0.0542. The fraction of sp³-hybridized carbons (Fsp3) is 0. The molecule has 0 radical (unpaired) electrons. The van der Waals surface area contributed by atoms with Crippen molar-refractivity contribution in [2.45, 2.75) is 0 Å². The maximum absolute atomic E-state index is 10.9. The number of aromatic hydroxyl groups is 2. The first-order valence-electron chi connectivity index (χ1n) is 6.53. The predicted octanol–water partition coefficient (Wildman–Crippen LogP) is 3.71. The van der Waals surface area contributed by atoms with Gasteiger partial charge in [0.25, 0.3) is 0 Å². The van der Waals surface area contributed by atoms with Crippen molar-refractivity contribution in [1.29, 1.82) is 0 Å². The Morgan fingerprint density at radius 1 is 0.909 bits per heavy atom. The van der Waals surface area contributed by atoms with Crippen molar-refractivity contribution in [3.8, 4) is 11.5 Å². The minimum Gasteiger partial charge on any atom is -0.507 e. The number of benzene rings is 3. The smallest absolute Gasteiger partial charge is 0.309 e. The zero-order valence-electron chi connectivity index (χ0n) is 11.4. The van der Waals surface area contributed by atoms with Gasteiger partial charge >= 0.3 is 5.91 Å². The van der Waals surface area contributed by atoms with Crippen molar-refractivity contribution in [3.05, 3.63) is 59.0 Å². The largest absolute Gasteiger partial charge is 0.507 e. The van der Waals surface area contributed by atoms with Crippen molar-refractivity contribution >= 4 is 33.5 Å². The highest BCUT2D eigenvalue weighted by Crippen LogP contribution is 2.41. The number of hydrogen-bond donors (Lipinski definition) is 2. The normalized spacial score (nSPS) is 11.3. The molecule has 0 heterocycles. The second kappa shape index (κ2) is 5.29. The van der Waals surface area contributed by atoms with Crippen LogP contribution in [0.15, 0.2) is 53.7 Å². The maximum Gasteiger partial charge on any atom is 0.309 e. The number of carbonyl (C=O) groups excluding carboxylic acids is 1. The third-order valence-electron chi connectivity index (χ3n) is 3.50. The second-order valence-electron chi connectivity index (χ2n) is 4.81. The van der Waals surface area contributed by atoms with E-state index in [9.17, 15) is 19.9 Å². The summed E-state index contributed by atoms with van der Waals surface area (Å²) in [6, 6.07) is 11.9. The van der Waals surface area contributed by atoms with Crippen LogP contribution in [-0.2, 0) is 4.79 Å². The zero-order chi connectivity index (χ0) is 15.7. The van der Waals surface area contributed by atoms with Gasteiger partial charge in [0.15, 0.2) is 0 Å². The van der Waals surface area contributed by atoms with Crippen LogP contribution in [0.1, 0.15) is 5.56 Å². The Morgan fingerprint density at radius 2 is 1.50 bits per heavy atom. The molecule has 3 aromatic rings. The quantitative estimate of drug-likeness (QED) is 0.326. The van der Waals surface area contributed by atoms with Crippen molar-refractivity contribution in [3.63, 3.8) is 0 Å². The van der Waals surface area contributed by atoms with Crippen LogP contribution in [-0.4, -0.2) is 16.1 Å². The molecular weight excluding hydrogens is 282 g/mol. The lowest BCUT2D eigenvalue weighted by molar-refractivity contribution is -0.113. The molecule has 0 atom stereocenters. The third-order valence-corrected chi connectivity index (χ3v) is 3.50. The van der Waals surface area contributed by atoms with E-state index in [1.165, 1.54) is 6.08 Å². The molecule has 0 aliphatic rings. The molecule has 0 bridgehead atoms. The van der Waals surface area contributed by atoms with Gasteiger partial charge in [-0.15, -0.1) is 4.91 Å². The summed E-state index contributed by atoms with van der Waals surface area (Å²) in [6.07, 6.45) is 2.47. The van der Waals surface area contributed by atoms with E-state index in [0.717, 1.165) is 6.08 Å². The summed E-state index contributed by atoms with van der Waals surface area (Å²) in [5.74, 6) is -0.742. The Labute approximate surface area is 125 Å². The van der Waals surface area contributed by atoms with Gasteiger partial charge < -0.3 is 10.2 Å². The number of phenolic OH excluding ortho intramolecular Hbond substituents is 2. The molecule has 0 fully saturated rings. The average Bonchev–Trinajstić information content (AvgIpc) is 2.57. The summed E-state index contributed by atoms with van der Waals surface area (Å²) in [5, 5.41) is 25.1. The molecule has 0 saturated heterocycles. The SMILES string of the molecule is O=NC(=O)/C=C/c1ccc2c(O)c3ccccc3c(O)c2c1. The molecule has 0 spiro atoms. The standard InChI is InChI=1S/C17H11NO4/c19-15(18-22)8-6-10-5-7-13-14(9-10)17(21)12-4-2-1-3-11(12)16(13)20/h1-9,20-21H/b8-6+. The first kappa shape index (κ1) is 13.8. The van der Waals surface area contributed by atoms with E-state index in [2.05, 4.69) is 5.18 Å². The van der Waals surface area contributed by atoms with Gasteiger partial charge in [-0.25, -0.2) is 0 Å². The number of amides is 1. The van der Waals surface area contributed by atoms with E-state index in [1.54, 1.807) is 42.5 Å². The van der Waals surface area contributed by atoms with Crippen LogP contribution in [0.5, 0.6) is 11.5 Å². The number of phenols is 2. The van der Waals surface area contributed by atoms with Crippen LogP contribution in [0, 0.1) is 4.91 Å². The molecule has 3 rings (SSSR count). The first-order valence-corrected chi connectivity index (χ1v) is 6.53. The number of carbonyl (C=O) groups is 1. The predicted molar refractivity (Wildman–Crippen MR) is 84.6 cm³/mol. The average molecular weight is 293 g/mol. The molecule has 0 unspecified atom stereocenters. The van der Waals surface area contributed by atoms with Crippen molar-refractivity contribution in [1.82, 2.24) is 0 Å². The van der Waals surface area contributed by atoms with E-state index in [-0.39, 0.29) is 11.5 Å². The highest BCUT2D eigenvalue weighted by Gasteiger charge is 2.12. The molecule has 22 heavy (non-hydrogen) atoms. The molecule has 0 aromatic heterocycles. The van der Waals surface area contributed by atoms with Crippen LogP contribution in [0.2, 0.25) is 0 Å². The summed E-state index contributed by atoms with van der Waals surface area (Å²) in [7, 11) is 0. The Balaban J connectivity index is 2.26. The van der Waals surface area contributed by atoms with E-state index in [1.807, 2.05) is 0 Å². The van der Waals surface area contributed by atoms with E-state index in [4.69, 9.17) is 0 Å². The molecule has 0 aliphatic heterocycles. The molecule has 1 amide bonds. The minimum atomic E-state index is -0.884. The second-order valence-corrected chi connectivity index (χ2v) is 4.81. The summed E-state index contributed by atoms with van der Waals surface area (Å²) < 4.78 is 0. The molecule has 108 valence electrons. The zero-order valence-corrected chi connectivity index (χ0v) is 11.4. The number of fused-ring (bicyclic) bond motifs is 2.